The Morgan fingerprint density at radius 1 is 1.52 bits per heavy atom. The Morgan fingerprint density at radius 3 is 2.90 bits per heavy atom. The number of anilines is 1. The van der Waals surface area contributed by atoms with Gasteiger partial charge in [-0.1, -0.05) is 13.3 Å². The summed E-state index contributed by atoms with van der Waals surface area (Å²) < 4.78 is 5.18. The fraction of sp³-hybridized carbons (Fsp3) is 0.667. The first-order valence-corrected chi connectivity index (χ1v) is 7.39. The van der Waals surface area contributed by atoms with Crippen LogP contribution in [0.15, 0.2) is 6.07 Å². The number of aromatic nitrogens is 2. The predicted octanol–water partition coefficient (Wildman–Crippen LogP) is 2.26. The summed E-state index contributed by atoms with van der Waals surface area (Å²) in [6, 6.07) is 1.77. The molecule has 0 bridgehead atoms. The number of carbonyl (C=O) groups is 1. The van der Waals surface area contributed by atoms with Crippen molar-refractivity contribution < 1.29 is 14.6 Å². The molecule has 0 radical (unpaired) electrons. The summed E-state index contributed by atoms with van der Waals surface area (Å²) in [6.45, 7) is 5.15. The number of ether oxygens (including phenoxy) is 1. The van der Waals surface area contributed by atoms with Gasteiger partial charge in [-0.25, -0.2) is 4.98 Å². The molecule has 0 spiro atoms. The van der Waals surface area contributed by atoms with E-state index in [0.29, 0.717) is 24.8 Å². The Hall–Kier alpha value is -1.85. The lowest BCUT2D eigenvalue weighted by molar-refractivity contribution is -0.150. The highest BCUT2D eigenvalue weighted by Gasteiger charge is 2.42. The predicted molar refractivity (Wildman–Crippen MR) is 79.7 cm³/mol. The van der Waals surface area contributed by atoms with E-state index in [1.54, 1.807) is 13.2 Å². The SMILES string of the molecule is CCCC1(C(=O)O)CCCN(c2nc(C)cc(OC)n2)C1. The second-order valence-electron chi connectivity index (χ2n) is 5.71. The summed E-state index contributed by atoms with van der Waals surface area (Å²) in [5.74, 6) is 0.362. The molecule has 1 N–H and O–H groups in total. The molecule has 1 saturated heterocycles. The van der Waals surface area contributed by atoms with Crippen molar-refractivity contribution in [3.05, 3.63) is 11.8 Å². The number of nitrogens with zero attached hydrogens (tertiary/aromatic N) is 3. The molecule has 6 heteroatoms. The number of hydrogen-bond acceptors (Lipinski definition) is 5. The van der Waals surface area contributed by atoms with Gasteiger partial charge in [0.05, 0.1) is 12.5 Å². The molecule has 2 heterocycles. The number of aliphatic carboxylic acids is 1. The molecule has 0 aromatic carbocycles. The van der Waals surface area contributed by atoms with Gasteiger partial charge in [-0.15, -0.1) is 0 Å². The van der Waals surface area contributed by atoms with Crippen LogP contribution in [-0.4, -0.2) is 41.2 Å². The smallest absolute Gasteiger partial charge is 0.311 e. The van der Waals surface area contributed by atoms with Crippen LogP contribution in [0.2, 0.25) is 0 Å². The molecule has 0 saturated carbocycles. The minimum atomic E-state index is -0.714. The van der Waals surface area contributed by atoms with Crippen LogP contribution < -0.4 is 9.64 Å². The lowest BCUT2D eigenvalue weighted by atomic mass is 9.76. The van der Waals surface area contributed by atoms with Crippen LogP contribution in [0.25, 0.3) is 0 Å². The second-order valence-corrected chi connectivity index (χ2v) is 5.71. The van der Waals surface area contributed by atoms with Crippen molar-refractivity contribution in [2.45, 2.75) is 39.5 Å². The van der Waals surface area contributed by atoms with Gasteiger partial charge in [0, 0.05) is 24.8 Å². The summed E-state index contributed by atoms with van der Waals surface area (Å²) in [5.41, 5.74) is 0.131. The van der Waals surface area contributed by atoms with Crippen LogP contribution in [-0.2, 0) is 4.79 Å². The summed E-state index contributed by atoms with van der Waals surface area (Å²) in [4.78, 5) is 22.5. The quantitative estimate of drug-likeness (QED) is 0.897. The van der Waals surface area contributed by atoms with Crippen LogP contribution in [0, 0.1) is 12.3 Å². The van der Waals surface area contributed by atoms with Gasteiger partial charge in [-0.05, 0) is 26.2 Å². The first-order valence-electron chi connectivity index (χ1n) is 7.39. The van der Waals surface area contributed by atoms with Gasteiger partial charge in [0.2, 0.25) is 11.8 Å². The first-order chi connectivity index (χ1) is 10.0. The molecule has 2 rings (SSSR count). The molecule has 1 unspecified atom stereocenters. The minimum Gasteiger partial charge on any atom is -0.481 e. The Balaban J connectivity index is 2.28. The van der Waals surface area contributed by atoms with Crippen molar-refractivity contribution >= 4 is 11.9 Å². The third-order valence-corrected chi connectivity index (χ3v) is 4.07. The topological polar surface area (TPSA) is 75.5 Å². The van der Waals surface area contributed by atoms with Gasteiger partial charge >= 0.3 is 5.97 Å². The molecule has 1 fully saturated rings. The zero-order valence-electron chi connectivity index (χ0n) is 12.9. The molecule has 1 aromatic heterocycles. The molecular weight excluding hydrogens is 270 g/mol. The number of methoxy groups -OCH3 is 1. The Bertz CT molecular complexity index is 517. The molecule has 0 aliphatic carbocycles. The zero-order valence-corrected chi connectivity index (χ0v) is 12.9. The number of piperidine rings is 1. The minimum absolute atomic E-state index is 0.461. The van der Waals surface area contributed by atoms with E-state index in [1.807, 2.05) is 18.7 Å². The van der Waals surface area contributed by atoms with Gasteiger partial charge in [0.15, 0.2) is 0 Å². The maximum Gasteiger partial charge on any atom is 0.311 e. The summed E-state index contributed by atoms with van der Waals surface area (Å²) in [5, 5.41) is 9.65. The first kappa shape index (κ1) is 15.5. The number of carboxylic acid groups (broad SMARTS) is 1. The lowest BCUT2D eigenvalue weighted by Gasteiger charge is -2.40. The molecule has 116 valence electrons. The van der Waals surface area contributed by atoms with E-state index >= 15 is 0 Å². The lowest BCUT2D eigenvalue weighted by Crippen LogP contribution is -2.48. The molecule has 6 nitrogen and oxygen atoms in total. The van der Waals surface area contributed by atoms with E-state index in [2.05, 4.69) is 9.97 Å². The van der Waals surface area contributed by atoms with Crippen molar-refractivity contribution in [3.63, 3.8) is 0 Å². The Labute approximate surface area is 125 Å². The Morgan fingerprint density at radius 2 is 2.29 bits per heavy atom. The molecule has 21 heavy (non-hydrogen) atoms. The molecule has 1 aromatic rings. The van der Waals surface area contributed by atoms with Crippen LogP contribution >= 0.6 is 0 Å². The molecule has 0 amide bonds. The Kier molecular flexibility index (Phi) is 4.65. The fourth-order valence-corrected chi connectivity index (χ4v) is 3.04. The normalized spacial score (nSPS) is 22.1. The van der Waals surface area contributed by atoms with E-state index in [0.717, 1.165) is 31.5 Å². The van der Waals surface area contributed by atoms with Gasteiger partial charge in [-0.3, -0.25) is 4.79 Å². The molecule has 1 atom stereocenters. The van der Waals surface area contributed by atoms with Gasteiger partial charge in [-0.2, -0.15) is 4.98 Å². The number of rotatable bonds is 5. The van der Waals surface area contributed by atoms with Crippen molar-refractivity contribution in [1.29, 1.82) is 0 Å². The second kappa shape index (κ2) is 6.28. The average Bonchev–Trinajstić information content (AvgIpc) is 2.47. The summed E-state index contributed by atoms with van der Waals surface area (Å²) >= 11 is 0. The third kappa shape index (κ3) is 3.25. The van der Waals surface area contributed by atoms with E-state index in [-0.39, 0.29) is 0 Å². The van der Waals surface area contributed by atoms with Crippen molar-refractivity contribution in [3.8, 4) is 5.88 Å². The highest BCUT2D eigenvalue weighted by atomic mass is 16.5. The highest BCUT2D eigenvalue weighted by Crippen LogP contribution is 2.36. The zero-order chi connectivity index (χ0) is 15.5. The van der Waals surface area contributed by atoms with Crippen molar-refractivity contribution in [2.75, 3.05) is 25.1 Å². The molecular formula is C15H23N3O3. The third-order valence-electron chi connectivity index (χ3n) is 4.07. The van der Waals surface area contributed by atoms with Crippen LogP contribution in [0.3, 0.4) is 0 Å². The van der Waals surface area contributed by atoms with Crippen LogP contribution in [0.5, 0.6) is 5.88 Å². The van der Waals surface area contributed by atoms with Crippen LogP contribution in [0.1, 0.15) is 38.3 Å². The molecule has 1 aliphatic heterocycles. The monoisotopic (exact) mass is 293 g/mol. The average molecular weight is 293 g/mol. The van der Waals surface area contributed by atoms with E-state index in [9.17, 15) is 9.90 Å². The van der Waals surface area contributed by atoms with Crippen LogP contribution in [0.4, 0.5) is 5.95 Å². The van der Waals surface area contributed by atoms with Gasteiger partial charge in [0.25, 0.3) is 0 Å². The largest absolute Gasteiger partial charge is 0.481 e. The molecule has 1 aliphatic rings. The standard InChI is InChI=1S/C15H23N3O3/c1-4-6-15(13(19)20)7-5-8-18(10-15)14-16-11(2)9-12(17-14)21-3/h9H,4-8,10H2,1-3H3,(H,19,20). The van der Waals surface area contributed by atoms with E-state index in [1.165, 1.54) is 0 Å². The number of hydrogen-bond donors (Lipinski definition) is 1. The van der Waals surface area contributed by atoms with Gasteiger partial charge < -0.3 is 14.7 Å². The van der Waals surface area contributed by atoms with Crippen molar-refractivity contribution in [2.24, 2.45) is 5.41 Å². The maximum atomic E-state index is 11.7. The highest BCUT2D eigenvalue weighted by molar-refractivity contribution is 5.75. The fourth-order valence-electron chi connectivity index (χ4n) is 3.04. The number of aryl methyl sites for hydroxylation is 1. The summed E-state index contributed by atoms with van der Waals surface area (Å²) in [7, 11) is 1.57. The maximum absolute atomic E-state index is 11.7. The van der Waals surface area contributed by atoms with E-state index < -0.39 is 11.4 Å². The number of carboxylic acids is 1. The van der Waals surface area contributed by atoms with Gasteiger partial charge in [0.1, 0.15) is 0 Å². The van der Waals surface area contributed by atoms with E-state index in [4.69, 9.17) is 4.74 Å². The van der Waals surface area contributed by atoms with Crippen molar-refractivity contribution in [1.82, 2.24) is 9.97 Å². The summed E-state index contributed by atoms with van der Waals surface area (Å²) in [6.07, 6.45) is 3.10.